The van der Waals surface area contributed by atoms with Crippen LogP contribution in [0.15, 0.2) is 12.3 Å². The van der Waals surface area contributed by atoms with Crippen molar-refractivity contribution in [2.75, 3.05) is 25.2 Å². The summed E-state index contributed by atoms with van der Waals surface area (Å²) in [4.78, 5) is 15.6. The first-order valence-corrected chi connectivity index (χ1v) is 7.01. The molecule has 1 aromatic heterocycles. The van der Waals surface area contributed by atoms with Crippen LogP contribution >= 0.6 is 0 Å². The summed E-state index contributed by atoms with van der Waals surface area (Å²) >= 11 is 0. The van der Waals surface area contributed by atoms with Crippen LogP contribution in [-0.2, 0) is 10.8 Å². The van der Waals surface area contributed by atoms with Gasteiger partial charge < -0.3 is 10.6 Å². The van der Waals surface area contributed by atoms with E-state index in [9.17, 15) is 13.4 Å². The maximum atomic E-state index is 13.1. The number of nitrogens with zero attached hydrogens (tertiary/aromatic N) is 1. The highest BCUT2D eigenvalue weighted by molar-refractivity contribution is 7.84. The third kappa shape index (κ3) is 3.76. The van der Waals surface area contributed by atoms with E-state index in [1.165, 1.54) is 0 Å². The average Bonchev–Trinajstić information content (AvgIpc) is 2.35. The van der Waals surface area contributed by atoms with Crippen molar-refractivity contribution in [3.63, 3.8) is 0 Å². The minimum atomic E-state index is -1.01. The van der Waals surface area contributed by atoms with Gasteiger partial charge in [0.2, 0.25) is 0 Å². The lowest BCUT2D eigenvalue weighted by Crippen LogP contribution is -2.33. The van der Waals surface area contributed by atoms with Gasteiger partial charge in [0.15, 0.2) is 0 Å². The number of nitrogens with one attached hydrogen (secondary N) is 2. The molecular formula is C11H16FN3O2S. The molecule has 18 heavy (non-hydrogen) atoms. The second-order valence-electron chi connectivity index (χ2n) is 3.82. The molecule has 2 unspecified atom stereocenters. The minimum Gasteiger partial charge on any atom is -0.372 e. The van der Waals surface area contributed by atoms with E-state index in [4.69, 9.17) is 0 Å². The molecule has 2 N–H and O–H groups in total. The number of hydrogen-bond acceptors (Lipinski definition) is 4. The molecule has 0 aliphatic heterocycles. The molecule has 1 heterocycles. The fraction of sp³-hybridized carbons (Fsp3) is 0.455. The van der Waals surface area contributed by atoms with Gasteiger partial charge in [-0.1, -0.05) is 0 Å². The van der Waals surface area contributed by atoms with Crippen LogP contribution in [0.25, 0.3) is 0 Å². The highest BCUT2D eigenvalue weighted by atomic mass is 32.2. The second-order valence-corrected chi connectivity index (χ2v) is 5.62. The molecule has 0 radical (unpaired) electrons. The van der Waals surface area contributed by atoms with Crippen molar-refractivity contribution in [1.82, 2.24) is 10.3 Å². The van der Waals surface area contributed by atoms with Gasteiger partial charge in [0, 0.05) is 35.9 Å². The summed E-state index contributed by atoms with van der Waals surface area (Å²) in [6.07, 6.45) is 2.60. The predicted molar refractivity (Wildman–Crippen MR) is 69.6 cm³/mol. The number of pyridine rings is 1. The Morgan fingerprint density at radius 1 is 1.61 bits per heavy atom. The van der Waals surface area contributed by atoms with E-state index in [0.29, 0.717) is 5.82 Å². The summed E-state index contributed by atoms with van der Waals surface area (Å²) in [5, 5.41) is 5.16. The molecule has 0 saturated carbocycles. The van der Waals surface area contributed by atoms with Crippen molar-refractivity contribution >= 4 is 22.5 Å². The predicted octanol–water partition coefficient (Wildman–Crippen LogP) is 0.759. The molecule has 1 amide bonds. The van der Waals surface area contributed by atoms with Crippen LogP contribution in [-0.4, -0.2) is 40.2 Å². The Bertz CT molecular complexity index is 468. The van der Waals surface area contributed by atoms with Gasteiger partial charge in [-0.15, -0.1) is 0 Å². The van der Waals surface area contributed by atoms with Crippen molar-refractivity contribution in [3.8, 4) is 0 Å². The smallest absolute Gasteiger partial charge is 0.255 e. The average molecular weight is 273 g/mol. The highest BCUT2D eigenvalue weighted by Crippen LogP contribution is 2.12. The van der Waals surface area contributed by atoms with Gasteiger partial charge in [0.05, 0.1) is 11.8 Å². The van der Waals surface area contributed by atoms with Crippen molar-refractivity contribution in [2.45, 2.75) is 12.2 Å². The van der Waals surface area contributed by atoms with E-state index in [0.717, 1.165) is 12.3 Å². The molecule has 0 fully saturated rings. The molecule has 7 heteroatoms. The van der Waals surface area contributed by atoms with Crippen molar-refractivity contribution in [1.29, 1.82) is 0 Å². The van der Waals surface area contributed by atoms with Gasteiger partial charge in [-0.3, -0.25) is 9.00 Å². The van der Waals surface area contributed by atoms with Gasteiger partial charge in [-0.25, -0.2) is 9.37 Å². The number of amides is 1. The number of anilines is 1. The molecular weight excluding hydrogens is 257 g/mol. The fourth-order valence-corrected chi connectivity index (χ4v) is 1.58. The van der Waals surface area contributed by atoms with Crippen molar-refractivity contribution in [3.05, 3.63) is 23.6 Å². The van der Waals surface area contributed by atoms with Crippen LogP contribution in [0.4, 0.5) is 10.2 Å². The van der Waals surface area contributed by atoms with Gasteiger partial charge in [0.25, 0.3) is 5.91 Å². The monoisotopic (exact) mass is 273 g/mol. The Kier molecular flexibility index (Phi) is 5.21. The molecule has 0 saturated heterocycles. The Morgan fingerprint density at radius 3 is 2.83 bits per heavy atom. The first-order valence-electron chi connectivity index (χ1n) is 5.39. The molecule has 0 bridgehead atoms. The molecule has 0 spiro atoms. The minimum absolute atomic E-state index is 0.131. The maximum absolute atomic E-state index is 13.1. The quantitative estimate of drug-likeness (QED) is 0.831. The second kappa shape index (κ2) is 6.44. The standard InChI is InChI=1S/C11H16FN3O2S/c1-7(18(3)17)5-15-11(16)9-4-8(12)6-14-10(9)13-2/h4,6-7H,5H2,1-3H3,(H,13,14)(H,15,16). The normalized spacial score (nSPS) is 13.8. The van der Waals surface area contributed by atoms with E-state index in [2.05, 4.69) is 15.6 Å². The summed E-state index contributed by atoms with van der Waals surface area (Å²) in [6.45, 7) is 2.03. The molecule has 1 aromatic rings. The number of carbonyl (C=O) groups is 1. The number of halogens is 1. The highest BCUT2D eigenvalue weighted by Gasteiger charge is 2.15. The lowest BCUT2D eigenvalue weighted by molar-refractivity contribution is 0.0954. The van der Waals surface area contributed by atoms with Crippen LogP contribution in [0.5, 0.6) is 0 Å². The van der Waals surface area contributed by atoms with Gasteiger partial charge >= 0.3 is 0 Å². The van der Waals surface area contributed by atoms with Crippen LogP contribution in [0.3, 0.4) is 0 Å². The zero-order chi connectivity index (χ0) is 13.7. The molecule has 0 aliphatic rings. The summed E-state index contributed by atoms with van der Waals surface area (Å²) in [5.74, 6) is -0.714. The Labute approximate surface area is 108 Å². The van der Waals surface area contributed by atoms with Crippen LogP contribution in [0.2, 0.25) is 0 Å². The Morgan fingerprint density at radius 2 is 2.28 bits per heavy atom. The Balaban J connectivity index is 2.78. The van der Waals surface area contributed by atoms with Crippen LogP contribution in [0.1, 0.15) is 17.3 Å². The van der Waals surface area contributed by atoms with Crippen molar-refractivity contribution in [2.24, 2.45) is 0 Å². The van der Waals surface area contributed by atoms with Gasteiger partial charge in [0.1, 0.15) is 11.6 Å². The molecule has 1 rings (SSSR count). The van der Waals surface area contributed by atoms with E-state index < -0.39 is 22.5 Å². The lowest BCUT2D eigenvalue weighted by atomic mass is 10.2. The molecule has 5 nitrogen and oxygen atoms in total. The zero-order valence-electron chi connectivity index (χ0n) is 10.5. The van der Waals surface area contributed by atoms with Gasteiger partial charge in [-0.2, -0.15) is 0 Å². The number of hydrogen-bond donors (Lipinski definition) is 2. The fourth-order valence-electron chi connectivity index (χ4n) is 1.26. The maximum Gasteiger partial charge on any atom is 0.255 e. The zero-order valence-corrected chi connectivity index (χ0v) is 11.3. The SMILES string of the molecule is CNc1ncc(F)cc1C(=O)NCC(C)S(C)=O. The van der Waals surface area contributed by atoms with Crippen LogP contribution in [0, 0.1) is 5.82 Å². The largest absolute Gasteiger partial charge is 0.372 e. The summed E-state index contributed by atoms with van der Waals surface area (Å²) in [5.41, 5.74) is 0.131. The number of carbonyl (C=O) groups excluding carboxylic acids is 1. The summed E-state index contributed by atoms with van der Waals surface area (Å²) in [7, 11) is 0.583. The first kappa shape index (κ1) is 14.6. The topological polar surface area (TPSA) is 71.1 Å². The molecule has 2 atom stereocenters. The van der Waals surface area contributed by atoms with Crippen molar-refractivity contribution < 1.29 is 13.4 Å². The van der Waals surface area contributed by atoms with E-state index in [-0.39, 0.29) is 17.4 Å². The summed E-state index contributed by atoms with van der Waals surface area (Å²) in [6, 6.07) is 1.11. The Hall–Kier alpha value is -1.50. The number of rotatable bonds is 5. The van der Waals surface area contributed by atoms with E-state index >= 15 is 0 Å². The van der Waals surface area contributed by atoms with Crippen LogP contribution < -0.4 is 10.6 Å². The molecule has 0 aliphatic carbocycles. The third-order valence-corrected chi connectivity index (χ3v) is 3.75. The molecule has 100 valence electrons. The summed E-state index contributed by atoms with van der Waals surface area (Å²) < 4.78 is 24.2. The third-order valence-electron chi connectivity index (χ3n) is 2.45. The van der Waals surface area contributed by atoms with E-state index in [1.807, 2.05) is 0 Å². The molecule has 0 aromatic carbocycles. The van der Waals surface area contributed by atoms with Gasteiger partial charge in [-0.05, 0) is 13.0 Å². The van der Waals surface area contributed by atoms with E-state index in [1.54, 1.807) is 20.2 Å². The first-order chi connectivity index (χ1) is 8.45. The number of aromatic nitrogens is 1. The lowest BCUT2D eigenvalue weighted by Gasteiger charge is -2.11.